The predicted octanol–water partition coefficient (Wildman–Crippen LogP) is 10.1. The van der Waals surface area contributed by atoms with Crippen LogP contribution in [0.5, 0.6) is 11.5 Å². The van der Waals surface area contributed by atoms with Crippen molar-refractivity contribution >= 4 is 38.4 Å². The first-order valence-corrected chi connectivity index (χ1v) is 17.8. The van der Waals surface area contributed by atoms with E-state index in [2.05, 4.69) is 66.6 Å². The molecule has 1 aliphatic rings. The van der Waals surface area contributed by atoms with Gasteiger partial charge in [0.05, 0.1) is 32.9 Å². The number of thiazole rings is 1. The van der Waals surface area contributed by atoms with Crippen molar-refractivity contribution in [2.75, 3.05) is 6.61 Å². The summed E-state index contributed by atoms with van der Waals surface area (Å²) in [5.74, 6) is 1.12. The molecular weight excluding hydrogens is 647 g/mol. The zero-order valence-electron chi connectivity index (χ0n) is 30.1. The smallest absolute Gasteiger partial charge is 0.311 e. The van der Waals surface area contributed by atoms with Crippen LogP contribution in [-0.2, 0) is 21.3 Å². The Morgan fingerprint density at radius 1 is 0.920 bits per heavy atom. The number of fused-ring (bicyclic) bond motifs is 3. The molecule has 0 amide bonds. The van der Waals surface area contributed by atoms with Crippen LogP contribution in [0.3, 0.4) is 0 Å². The number of aromatic nitrogens is 3. The van der Waals surface area contributed by atoms with Crippen LogP contribution in [0.4, 0.5) is 0 Å². The van der Waals surface area contributed by atoms with Crippen LogP contribution in [-0.4, -0.2) is 39.2 Å². The maximum atomic E-state index is 13.0. The van der Waals surface area contributed by atoms with Gasteiger partial charge in [-0.1, -0.05) is 30.3 Å². The van der Waals surface area contributed by atoms with Crippen molar-refractivity contribution in [3.05, 3.63) is 84.1 Å². The highest BCUT2D eigenvalue weighted by Gasteiger charge is 2.32. The number of carbonyl (C=O) groups excluding carboxylic acids is 1. The molecule has 0 fully saturated rings. The van der Waals surface area contributed by atoms with Crippen LogP contribution in [0.2, 0.25) is 0 Å². The van der Waals surface area contributed by atoms with E-state index in [0.717, 1.165) is 65.1 Å². The number of benzene rings is 4. The van der Waals surface area contributed by atoms with E-state index in [1.165, 1.54) is 0 Å². The van der Waals surface area contributed by atoms with E-state index < -0.39 is 17.1 Å². The van der Waals surface area contributed by atoms with Gasteiger partial charge < -0.3 is 18.9 Å². The third kappa shape index (κ3) is 6.60. The molecule has 1 aliphatic heterocycles. The van der Waals surface area contributed by atoms with Gasteiger partial charge in [0, 0.05) is 30.5 Å². The van der Waals surface area contributed by atoms with Gasteiger partial charge in [0.25, 0.3) is 0 Å². The van der Waals surface area contributed by atoms with E-state index in [4.69, 9.17) is 23.9 Å². The number of aryl methyl sites for hydroxylation is 2. The van der Waals surface area contributed by atoms with Gasteiger partial charge in [0.15, 0.2) is 11.5 Å². The minimum atomic E-state index is -0.646. The van der Waals surface area contributed by atoms with Gasteiger partial charge in [-0.25, -0.2) is 4.98 Å². The molecule has 3 heterocycles. The quantitative estimate of drug-likeness (QED) is 0.154. The molecule has 0 saturated carbocycles. The number of rotatable bonds is 7. The lowest BCUT2D eigenvalue weighted by Crippen LogP contribution is -2.30. The summed E-state index contributed by atoms with van der Waals surface area (Å²) in [6.45, 7) is 15.7. The van der Waals surface area contributed by atoms with Gasteiger partial charge in [0.1, 0.15) is 17.7 Å². The van der Waals surface area contributed by atoms with Crippen molar-refractivity contribution in [2.45, 2.75) is 73.4 Å². The molecule has 0 radical (unpaired) electrons. The lowest BCUT2D eigenvalue weighted by Gasteiger charge is -2.31. The number of hydrogen-bond acceptors (Lipinski definition) is 8. The fraction of sp³-hybridized carbons (Fsp3) is 0.341. The van der Waals surface area contributed by atoms with Gasteiger partial charge >= 0.3 is 5.97 Å². The first-order valence-electron chi connectivity index (χ1n) is 16.9. The van der Waals surface area contributed by atoms with Crippen molar-refractivity contribution in [3.63, 3.8) is 0 Å². The van der Waals surface area contributed by atoms with Gasteiger partial charge in [-0.2, -0.15) is 5.10 Å². The molecule has 2 atom stereocenters. The summed E-state index contributed by atoms with van der Waals surface area (Å²) in [6.07, 6.45) is 0.989. The molecule has 2 unspecified atom stereocenters. The molecule has 6 aromatic rings. The molecule has 2 aromatic heterocycles. The molecule has 0 aliphatic carbocycles. The molecular formula is C41H43N3O5S. The van der Waals surface area contributed by atoms with Crippen LogP contribution in [0.15, 0.2) is 72.9 Å². The Kier molecular flexibility index (Phi) is 8.47. The first-order chi connectivity index (χ1) is 23.6. The monoisotopic (exact) mass is 689 g/mol. The maximum Gasteiger partial charge on any atom is 0.311 e. The Morgan fingerprint density at radius 2 is 1.64 bits per heavy atom. The van der Waals surface area contributed by atoms with Gasteiger partial charge in [0.2, 0.25) is 6.29 Å². The number of nitrogens with zero attached hydrogens (tertiary/aromatic N) is 3. The second kappa shape index (κ2) is 12.5. The van der Waals surface area contributed by atoms with E-state index in [9.17, 15) is 4.79 Å². The standard InChI is InChI=1S/C41H43N3O5S/c1-23-17-30-37(50-38(43-30)28-12-10-11-25(18-28)26-13-15-31-29(19-26)21-42-44(31)9)36(27-14-16-32-33(20-27)48-24(2)47-32)35(23)34(49-41(6,7)8)22-46-39(45)40(3,4)5/h10-21,24,34H,22H2,1-9H3. The van der Waals surface area contributed by atoms with Crippen molar-refractivity contribution in [2.24, 2.45) is 12.5 Å². The first kappa shape index (κ1) is 33.8. The summed E-state index contributed by atoms with van der Waals surface area (Å²) in [7, 11) is 1.96. The third-order valence-electron chi connectivity index (χ3n) is 8.73. The van der Waals surface area contributed by atoms with Crippen LogP contribution in [0, 0.1) is 12.3 Å². The van der Waals surface area contributed by atoms with Crippen molar-refractivity contribution < 1.29 is 23.7 Å². The molecule has 8 nitrogen and oxygen atoms in total. The zero-order chi connectivity index (χ0) is 35.5. The molecule has 4 aromatic carbocycles. The van der Waals surface area contributed by atoms with Crippen molar-refractivity contribution in [1.29, 1.82) is 0 Å². The minimum Gasteiger partial charge on any atom is -0.462 e. The zero-order valence-corrected chi connectivity index (χ0v) is 30.9. The minimum absolute atomic E-state index is 0.0727. The van der Waals surface area contributed by atoms with Gasteiger partial charge in [-0.15, -0.1) is 11.3 Å². The molecule has 0 saturated heterocycles. The lowest BCUT2D eigenvalue weighted by molar-refractivity contribution is -0.162. The van der Waals surface area contributed by atoms with Crippen molar-refractivity contribution in [3.8, 4) is 44.3 Å². The fourth-order valence-electron chi connectivity index (χ4n) is 6.42. The van der Waals surface area contributed by atoms with Crippen LogP contribution >= 0.6 is 11.3 Å². The third-order valence-corrected chi connectivity index (χ3v) is 9.87. The number of carbonyl (C=O) groups is 1. The topological polar surface area (TPSA) is 84.7 Å². The van der Waals surface area contributed by atoms with E-state index in [1.54, 1.807) is 11.3 Å². The SMILES string of the molecule is Cc1cc2nc(-c3cccc(-c4ccc5c(cnn5C)c4)c3)sc2c(-c2ccc3c(c2)OC(C)O3)c1C(COC(=O)C(C)(C)C)OC(C)(C)C. The van der Waals surface area contributed by atoms with E-state index in [-0.39, 0.29) is 18.9 Å². The van der Waals surface area contributed by atoms with Crippen molar-refractivity contribution in [1.82, 2.24) is 14.8 Å². The molecule has 50 heavy (non-hydrogen) atoms. The molecule has 0 spiro atoms. The van der Waals surface area contributed by atoms with Crippen LogP contribution in [0.1, 0.15) is 65.7 Å². The Bertz CT molecular complexity index is 2260. The largest absolute Gasteiger partial charge is 0.462 e. The molecule has 0 bridgehead atoms. The Balaban J connectivity index is 1.38. The van der Waals surface area contributed by atoms with E-state index in [1.807, 2.05) is 78.5 Å². The van der Waals surface area contributed by atoms with E-state index >= 15 is 0 Å². The predicted molar refractivity (Wildman–Crippen MR) is 200 cm³/mol. The highest BCUT2D eigenvalue weighted by atomic mass is 32.1. The number of ether oxygens (including phenoxy) is 4. The second-order valence-corrected chi connectivity index (χ2v) is 16.0. The summed E-state index contributed by atoms with van der Waals surface area (Å²) in [5.41, 5.74) is 7.95. The molecule has 7 rings (SSSR count). The number of hydrogen-bond donors (Lipinski definition) is 0. The average Bonchev–Trinajstić information content (AvgIpc) is 3.76. The van der Waals surface area contributed by atoms with Crippen LogP contribution < -0.4 is 9.47 Å². The average molecular weight is 690 g/mol. The van der Waals surface area contributed by atoms with E-state index in [0.29, 0.717) is 11.5 Å². The molecule has 9 heteroatoms. The Labute approximate surface area is 297 Å². The molecule has 0 N–H and O–H groups in total. The van der Waals surface area contributed by atoms with Gasteiger partial charge in [-0.3, -0.25) is 9.48 Å². The van der Waals surface area contributed by atoms with Gasteiger partial charge in [-0.05, 0) is 113 Å². The highest BCUT2D eigenvalue weighted by Crippen LogP contribution is 2.47. The highest BCUT2D eigenvalue weighted by molar-refractivity contribution is 7.22. The normalized spacial score (nSPS) is 15.2. The second-order valence-electron chi connectivity index (χ2n) is 15.0. The Hall–Kier alpha value is -4.73. The summed E-state index contributed by atoms with van der Waals surface area (Å²) in [4.78, 5) is 18.2. The summed E-state index contributed by atoms with van der Waals surface area (Å²) in [6, 6.07) is 23.1. The summed E-state index contributed by atoms with van der Waals surface area (Å²) in [5, 5.41) is 6.42. The number of esters is 1. The molecule has 258 valence electrons. The lowest BCUT2D eigenvalue weighted by atomic mass is 9.91. The maximum absolute atomic E-state index is 13.0. The summed E-state index contributed by atoms with van der Waals surface area (Å²) >= 11 is 1.64. The summed E-state index contributed by atoms with van der Waals surface area (Å²) < 4.78 is 27.5. The fourth-order valence-corrected chi connectivity index (χ4v) is 7.54. The Morgan fingerprint density at radius 3 is 2.40 bits per heavy atom. The van der Waals surface area contributed by atoms with Crippen LogP contribution in [0.25, 0.3) is 53.9 Å².